The van der Waals surface area contributed by atoms with Gasteiger partial charge in [-0.05, 0) is 92.0 Å². The molecule has 202 valence electrons. The lowest BCUT2D eigenvalue weighted by atomic mass is 9.59. The predicted octanol–water partition coefficient (Wildman–Crippen LogP) is 7.51. The molecule has 0 spiro atoms. The van der Waals surface area contributed by atoms with Crippen molar-refractivity contribution in [2.45, 2.75) is 92.4 Å². The molecule has 36 heavy (non-hydrogen) atoms. The normalized spacial score (nSPS) is 20.3. The van der Waals surface area contributed by atoms with Crippen LogP contribution in [0.2, 0.25) is 0 Å². The van der Waals surface area contributed by atoms with Gasteiger partial charge in [-0.1, -0.05) is 46.3 Å². The number of nitrogens with one attached hydrogen (secondary N) is 1. The number of anilines is 1. The number of hydrogen-bond donors (Lipinski definition) is 2. The van der Waals surface area contributed by atoms with E-state index in [-0.39, 0.29) is 17.1 Å². The van der Waals surface area contributed by atoms with Crippen molar-refractivity contribution >= 4 is 11.6 Å². The van der Waals surface area contributed by atoms with E-state index in [1.54, 1.807) is 0 Å². The molecule has 2 N–H and O–H groups in total. The van der Waals surface area contributed by atoms with Crippen LogP contribution in [0.3, 0.4) is 0 Å². The fourth-order valence-corrected chi connectivity index (χ4v) is 5.38. The SMILES string of the molecule is CCC(=O)N(C)CCC1(C)CC(c2ccc(O)c(NCN(C)/C=C\C(=C(/C)CC)C(CC)CC)c2)C1. The highest BCUT2D eigenvalue weighted by molar-refractivity contribution is 5.75. The van der Waals surface area contributed by atoms with Gasteiger partial charge in [-0.3, -0.25) is 4.79 Å². The highest BCUT2D eigenvalue weighted by Crippen LogP contribution is 2.53. The van der Waals surface area contributed by atoms with Crippen LogP contribution in [0.15, 0.2) is 41.6 Å². The van der Waals surface area contributed by atoms with Crippen molar-refractivity contribution in [1.82, 2.24) is 9.80 Å². The standard InChI is InChI=1S/C31H51N3O2/c1-9-23(5)27(24(10-2)11-3)15-17-33(7)22-32-28-19-25(13-14-29(28)35)26-20-31(6,21-26)16-18-34(8)30(36)12-4/h13-15,17,19,24,26,32,35H,9-12,16,18,20-22H2,1-8H3/b17-15-,27-23-. The predicted molar refractivity (Wildman–Crippen MR) is 153 cm³/mol. The lowest BCUT2D eigenvalue weighted by molar-refractivity contribution is -0.130. The second kappa shape index (κ2) is 13.8. The largest absolute Gasteiger partial charge is 0.506 e. The molecular formula is C31H51N3O2. The Kier molecular flexibility index (Phi) is 11.4. The lowest BCUT2D eigenvalue weighted by Crippen LogP contribution is -2.37. The van der Waals surface area contributed by atoms with Crippen molar-refractivity contribution in [3.05, 3.63) is 47.2 Å². The van der Waals surface area contributed by atoms with Crippen LogP contribution in [0.4, 0.5) is 5.69 Å². The van der Waals surface area contributed by atoms with Crippen molar-refractivity contribution in [2.24, 2.45) is 11.3 Å². The number of allylic oxidation sites excluding steroid dienone is 3. The molecule has 5 heteroatoms. The number of amides is 1. The first-order valence-corrected chi connectivity index (χ1v) is 14.0. The molecule has 1 aliphatic rings. The maximum absolute atomic E-state index is 11.9. The summed E-state index contributed by atoms with van der Waals surface area (Å²) in [5.41, 5.74) is 5.26. The van der Waals surface area contributed by atoms with Crippen LogP contribution in [0, 0.1) is 11.3 Å². The van der Waals surface area contributed by atoms with Crippen molar-refractivity contribution in [3.8, 4) is 5.75 Å². The van der Waals surface area contributed by atoms with E-state index in [0.717, 1.165) is 50.8 Å². The smallest absolute Gasteiger partial charge is 0.222 e. The number of phenols is 1. The molecule has 5 nitrogen and oxygen atoms in total. The van der Waals surface area contributed by atoms with Gasteiger partial charge in [-0.25, -0.2) is 0 Å². The summed E-state index contributed by atoms with van der Waals surface area (Å²) in [7, 11) is 3.97. The number of carbonyl (C=O) groups excluding carboxylic acids is 1. The third-order valence-corrected chi connectivity index (χ3v) is 8.23. The fourth-order valence-electron chi connectivity index (χ4n) is 5.38. The van der Waals surface area contributed by atoms with Gasteiger partial charge in [0.1, 0.15) is 5.75 Å². The van der Waals surface area contributed by atoms with Gasteiger partial charge in [0.25, 0.3) is 0 Å². The number of benzene rings is 1. The summed E-state index contributed by atoms with van der Waals surface area (Å²) < 4.78 is 0. The molecule has 0 heterocycles. The maximum atomic E-state index is 11.9. The van der Waals surface area contributed by atoms with E-state index in [9.17, 15) is 9.90 Å². The van der Waals surface area contributed by atoms with Crippen molar-refractivity contribution in [3.63, 3.8) is 0 Å². The molecule has 1 aromatic rings. The second-order valence-corrected chi connectivity index (χ2v) is 11.1. The summed E-state index contributed by atoms with van der Waals surface area (Å²) >= 11 is 0. The van der Waals surface area contributed by atoms with Crippen molar-refractivity contribution in [1.29, 1.82) is 0 Å². The first-order chi connectivity index (χ1) is 17.1. The minimum Gasteiger partial charge on any atom is -0.506 e. The van der Waals surface area contributed by atoms with E-state index in [0.29, 0.717) is 24.9 Å². The van der Waals surface area contributed by atoms with Gasteiger partial charge >= 0.3 is 0 Å². The Balaban J connectivity index is 1.96. The van der Waals surface area contributed by atoms with Crippen LogP contribution in [-0.4, -0.2) is 48.1 Å². The number of aromatic hydroxyl groups is 1. The first-order valence-electron chi connectivity index (χ1n) is 14.0. The molecule has 1 aromatic carbocycles. The van der Waals surface area contributed by atoms with Gasteiger partial charge in [-0.15, -0.1) is 0 Å². The number of phenolic OH excluding ortho intramolecular Hbond substituents is 1. The van der Waals surface area contributed by atoms with Crippen molar-refractivity contribution in [2.75, 3.05) is 32.6 Å². The van der Waals surface area contributed by atoms with Gasteiger partial charge in [0.15, 0.2) is 0 Å². The minimum absolute atomic E-state index is 0.215. The number of hydrogen-bond acceptors (Lipinski definition) is 4. The van der Waals surface area contributed by atoms with E-state index < -0.39 is 0 Å². The molecule has 2 rings (SSSR count). The lowest BCUT2D eigenvalue weighted by Gasteiger charge is -2.46. The van der Waals surface area contributed by atoms with Gasteiger partial charge in [0, 0.05) is 33.3 Å². The summed E-state index contributed by atoms with van der Waals surface area (Å²) in [6.45, 7) is 14.7. The molecular weight excluding hydrogens is 446 g/mol. The summed E-state index contributed by atoms with van der Waals surface area (Å²) in [5.74, 6) is 1.61. The third kappa shape index (κ3) is 8.04. The average Bonchev–Trinajstić information content (AvgIpc) is 2.86. The molecule has 0 bridgehead atoms. The van der Waals surface area contributed by atoms with Crippen LogP contribution in [0.25, 0.3) is 0 Å². The molecule has 0 saturated heterocycles. The van der Waals surface area contributed by atoms with E-state index in [1.165, 1.54) is 16.7 Å². The molecule has 1 fully saturated rings. The molecule has 0 radical (unpaired) electrons. The second-order valence-electron chi connectivity index (χ2n) is 11.1. The molecule has 1 amide bonds. The summed E-state index contributed by atoms with van der Waals surface area (Å²) in [4.78, 5) is 15.9. The topological polar surface area (TPSA) is 55.8 Å². The summed E-state index contributed by atoms with van der Waals surface area (Å²) in [5, 5.41) is 13.9. The van der Waals surface area contributed by atoms with Crippen LogP contribution in [0.1, 0.15) is 98.0 Å². The summed E-state index contributed by atoms with van der Waals surface area (Å²) in [6.07, 6.45) is 11.7. The maximum Gasteiger partial charge on any atom is 0.222 e. The monoisotopic (exact) mass is 497 g/mol. The zero-order valence-electron chi connectivity index (χ0n) is 24.2. The molecule has 1 aliphatic carbocycles. The van der Waals surface area contributed by atoms with Crippen LogP contribution >= 0.6 is 0 Å². The van der Waals surface area contributed by atoms with E-state index in [1.807, 2.05) is 24.9 Å². The van der Waals surface area contributed by atoms with Gasteiger partial charge in [0.05, 0.1) is 12.4 Å². The van der Waals surface area contributed by atoms with Crippen LogP contribution in [-0.2, 0) is 4.79 Å². The Hall–Kier alpha value is -2.43. The average molecular weight is 498 g/mol. The molecule has 0 aliphatic heterocycles. The number of nitrogens with zero attached hydrogens (tertiary/aromatic N) is 2. The van der Waals surface area contributed by atoms with Gasteiger partial charge < -0.3 is 20.2 Å². The van der Waals surface area contributed by atoms with E-state index in [2.05, 4.69) is 76.3 Å². The van der Waals surface area contributed by atoms with Gasteiger partial charge in [-0.2, -0.15) is 0 Å². The van der Waals surface area contributed by atoms with Crippen LogP contribution in [0.5, 0.6) is 5.75 Å². The van der Waals surface area contributed by atoms with Gasteiger partial charge in [0.2, 0.25) is 5.91 Å². The molecule has 1 saturated carbocycles. The third-order valence-electron chi connectivity index (χ3n) is 8.23. The molecule has 0 atom stereocenters. The number of rotatable bonds is 14. The summed E-state index contributed by atoms with van der Waals surface area (Å²) in [6, 6.07) is 5.98. The van der Waals surface area contributed by atoms with Crippen molar-refractivity contribution < 1.29 is 9.90 Å². The highest BCUT2D eigenvalue weighted by Gasteiger charge is 2.40. The molecule has 0 aromatic heterocycles. The minimum atomic E-state index is 0.215. The zero-order valence-corrected chi connectivity index (χ0v) is 24.2. The Morgan fingerprint density at radius 1 is 1.17 bits per heavy atom. The number of carbonyl (C=O) groups is 1. The Morgan fingerprint density at radius 2 is 1.83 bits per heavy atom. The highest BCUT2D eigenvalue weighted by atomic mass is 16.3. The Bertz CT molecular complexity index is 910. The first kappa shape index (κ1) is 29.8. The van der Waals surface area contributed by atoms with E-state index in [4.69, 9.17) is 0 Å². The van der Waals surface area contributed by atoms with Crippen LogP contribution < -0.4 is 5.32 Å². The zero-order chi connectivity index (χ0) is 26.9. The fraction of sp³-hybridized carbons (Fsp3) is 0.645. The molecule has 0 unspecified atom stereocenters. The Labute approximate surface area is 220 Å². The Morgan fingerprint density at radius 3 is 2.42 bits per heavy atom. The quantitative estimate of drug-likeness (QED) is 0.159. The van der Waals surface area contributed by atoms with E-state index >= 15 is 0 Å².